The van der Waals surface area contributed by atoms with E-state index in [-0.39, 0.29) is 12.5 Å². The van der Waals surface area contributed by atoms with Crippen molar-refractivity contribution < 1.29 is 18.0 Å². The summed E-state index contributed by atoms with van der Waals surface area (Å²) in [4.78, 5) is 13.4. The Bertz CT molecular complexity index is 548. The summed E-state index contributed by atoms with van der Waals surface area (Å²) in [5.74, 6) is -0.223. The lowest BCUT2D eigenvalue weighted by Gasteiger charge is -2.20. The number of nitrogens with zero attached hydrogens (tertiary/aromatic N) is 2. The molecule has 1 atom stereocenters. The maximum absolute atomic E-state index is 12.4. The minimum Gasteiger partial charge on any atom is -0.376 e. The van der Waals surface area contributed by atoms with Crippen LogP contribution in [0.2, 0.25) is 0 Å². The average Bonchev–Trinajstić information content (AvgIpc) is 2.92. The number of anilines is 1. The molecule has 1 heterocycles. The first-order valence-electron chi connectivity index (χ1n) is 6.52. The van der Waals surface area contributed by atoms with E-state index in [2.05, 4.69) is 11.4 Å². The van der Waals surface area contributed by atoms with Crippen LogP contribution in [0.4, 0.5) is 18.9 Å². The number of hydrogen-bond donors (Lipinski definition) is 1. The standard InChI is InChI=1S/C14H14F3N3O/c15-14(16,17)10-3-5-11(6-4-10)19-9-13(21)20-7-1-2-12(20)8-18/h3-6,12,19H,1-2,7,9H2/t12-/m0/s1. The summed E-state index contributed by atoms with van der Waals surface area (Å²) in [6, 6.07) is 6.15. The predicted octanol–water partition coefficient (Wildman–Crippen LogP) is 2.63. The molecule has 0 bridgehead atoms. The lowest BCUT2D eigenvalue weighted by atomic mass is 10.2. The first kappa shape index (κ1) is 15.2. The van der Waals surface area contributed by atoms with Gasteiger partial charge in [-0.05, 0) is 37.1 Å². The summed E-state index contributed by atoms with van der Waals surface area (Å²) in [6.07, 6.45) is -2.91. The molecule has 1 aromatic carbocycles. The van der Waals surface area contributed by atoms with E-state index in [1.165, 1.54) is 17.0 Å². The van der Waals surface area contributed by atoms with Crippen LogP contribution in [-0.2, 0) is 11.0 Å². The van der Waals surface area contributed by atoms with Gasteiger partial charge in [-0.15, -0.1) is 0 Å². The largest absolute Gasteiger partial charge is 0.416 e. The molecule has 4 nitrogen and oxygen atoms in total. The molecule has 1 aliphatic heterocycles. The smallest absolute Gasteiger partial charge is 0.376 e. The van der Waals surface area contributed by atoms with Crippen LogP contribution in [0.15, 0.2) is 24.3 Å². The molecule has 0 radical (unpaired) electrons. The molecule has 0 saturated carbocycles. The number of benzene rings is 1. The fourth-order valence-corrected chi connectivity index (χ4v) is 2.26. The molecule has 1 amide bonds. The van der Waals surface area contributed by atoms with Gasteiger partial charge < -0.3 is 10.2 Å². The summed E-state index contributed by atoms with van der Waals surface area (Å²) in [5.41, 5.74) is -0.299. The van der Waals surface area contributed by atoms with Gasteiger partial charge in [-0.3, -0.25) is 4.79 Å². The van der Waals surface area contributed by atoms with E-state index in [4.69, 9.17) is 5.26 Å². The number of carbonyl (C=O) groups is 1. The van der Waals surface area contributed by atoms with E-state index >= 15 is 0 Å². The van der Waals surface area contributed by atoms with Crippen molar-refractivity contribution in [1.29, 1.82) is 5.26 Å². The zero-order chi connectivity index (χ0) is 15.5. The number of halogens is 3. The highest BCUT2D eigenvalue weighted by Gasteiger charge is 2.30. The Labute approximate surface area is 120 Å². The Morgan fingerprint density at radius 3 is 2.62 bits per heavy atom. The monoisotopic (exact) mass is 297 g/mol. The van der Waals surface area contributed by atoms with Crippen molar-refractivity contribution in [3.05, 3.63) is 29.8 Å². The molecule has 0 aliphatic carbocycles. The minimum absolute atomic E-state index is 0.0382. The maximum Gasteiger partial charge on any atom is 0.416 e. The number of hydrogen-bond acceptors (Lipinski definition) is 3. The van der Waals surface area contributed by atoms with Crippen LogP contribution >= 0.6 is 0 Å². The Morgan fingerprint density at radius 2 is 2.05 bits per heavy atom. The average molecular weight is 297 g/mol. The summed E-state index contributed by atoms with van der Waals surface area (Å²) >= 11 is 0. The normalized spacial score (nSPS) is 18.4. The highest BCUT2D eigenvalue weighted by atomic mass is 19.4. The molecule has 1 fully saturated rings. The summed E-state index contributed by atoms with van der Waals surface area (Å²) in [6.45, 7) is 0.509. The summed E-state index contributed by atoms with van der Waals surface area (Å²) in [5, 5.41) is 11.7. The Morgan fingerprint density at radius 1 is 1.38 bits per heavy atom. The Kier molecular flexibility index (Phi) is 4.36. The Balaban J connectivity index is 1.91. The second-order valence-corrected chi connectivity index (χ2v) is 4.80. The molecular formula is C14H14F3N3O. The van der Waals surface area contributed by atoms with Crippen molar-refractivity contribution in [3.63, 3.8) is 0 Å². The van der Waals surface area contributed by atoms with Gasteiger partial charge in [-0.1, -0.05) is 0 Å². The van der Waals surface area contributed by atoms with Gasteiger partial charge in [0.05, 0.1) is 18.2 Å². The molecule has 1 aromatic rings. The fourth-order valence-electron chi connectivity index (χ4n) is 2.26. The van der Waals surface area contributed by atoms with Crippen molar-refractivity contribution in [1.82, 2.24) is 4.90 Å². The van der Waals surface area contributed by atoms with E-state index < -0.39 is 17.8 Å². The van der Waals surface area contributed by atoms with Crippen molar-refractivity contribution in [2.45, 2.75) is 25.1 Å². The van der Waals surface area contributed by atoms with Crippen molar-refractivity contribution in [2.24, 2.45) is 0 Å². The number of likely N-dealkylation sites (tertiary alicyclic amines) is 1. The molecule has 1 N–H and O–H groups in total. The predicted molar refractivity (Wildman–Crippen MR) is 70.3 cm³/mol. The topological polar surface area (TPSA) is 56.1 Å². The van der Waals surface area contributed by atoms with Gasteiger partial charge in [-0.2, -0.15) is 18.4 Å². The zero-order valence-electron chi connectivity index (χ0n) is 11.2. The van der Waals surface area contributed by atoms with E-state index in [1.54, 1.807) is 0 Å². The number of nitrogens with one attached hydrogen (secondary N) is 1. The third-order valence-electron chi connectivity index (χ3n) is 3.38. The molecular weight excluding hydrogens is 283 g/mol. The second-order valence-electron chi connectivity index (χ2n) is 4.80. The number of amides is 1. The number of rotatable bonds is 3. The SMILES string of the molecule is N#C[C@@H]1CCCN1C(=O)CNc1ccc(C(F)(F)F)cc1. The number of nitriles is 1. The molecule has 1 saturated heterocycles. The van der Waals surface area contributed by atoms with Gasteiger partial charge in [0.15, 0.2) is 0 Å². The molecule has 7 heteroatoms. The van der Waals surface area contributed by atoms with Crippen LogP contribution in [0.5, 0.6) is 0 Å². The van der Waals surface area contributed by atoms with Crippen molar-refractivity contribution >= 4 is 11.6 Å². The lowest BCUT2D eigenvalue weighted by Crippen LogP contribution is -2.38. The van der Waals surface area contributed by atoms with Crippen LogP contribution in [0.1, 0.15) is 18.4 Å². The van der Waals surface area contributed by atoms with Gasteiger partial charge in [0.1, 0.15) is 6.04 Å². The van der Waals surface area contributed by atoms with Gasteiger partial charge in [0, 0.05) is 12.2 Å². The van der Waals surface area contributed by atoms with Crippen molar-refractivity contribution in [2.75, 3.05) is 18.4 Å². The molecule has 0 spiro atoms. The van der Waals surface area contributed by atoms with Gasteiger partial charge >= 0.3 is 6.18 Å². The summed E-state index contributed by atoms with van der Waals surface area (Å²) < 4.78 is 37.2. The van der Waals surface area contributed by atoms with E-state index in [0.717, 1.165) is 18.6 Å². The van der Waals surface area contributed by atoms with E-state index in [9.17, 15) is 18.0 Å². The zero-order valence-corrected chi connectivity index (χ0v) is 11.2. The fraction of sp³-hybridized carbons (Fsp3) is 0.429. The Hall–Kier alpha value is -2.23. The molecule has 2 rings (SSSR count). The third-order valence-corrected chi connectivity index (χ3v) is 3.38. The molecule has 0 unspecified atom stereocenters. The van der Waals surface area contributed by atoms with Gasteiger partial charge in [-0.25, -0.2) is 0 Å². The number of alkyl halides is 3. The highest BCUT2D eigenvalue weighted by Crippen LogP contribution is 2.29. The third kappa shape index (κ3) is 3.66. The first-order chi connectivity index (χ1) is 9.91. The van der Waals surface area contributed by atoms with Crippen molar-refractivity contribution in [3.8, 4) is 6.07 Å². The van der Waals surface area contributed by atoms with Gasteiger partial charge in [0.2, 0.25) is 5.91 Å². The van der Waals surface area contributed by atoms with E-state index in [1.807, 2.05) is 0 Å². The highest BCUT2D eigenvalue weighted by molar-refractivity contribution is 5.81. The lowest BCUT2D eigenvalue weighted by molar-refractivity contribution is -0.137. The van der Waals surface area contributed by atoms with Crippen LogP contribution < -0.4 is 5.32 Å². The van der Waals surface area contributed by atoms with Crippen LogP contribution in [0.3, 0.4) is 0 Å². The molecule has 0 aromatic heterocycles. The molecule has 21 heavy (non-hydrogen) atoms. The van der Waals surface area contributed by atoms with E-state index in [0.29, 0.717) is 18.7 Å². The second kappa shape index (κ2) is 6.04. The maximum atomic E-state index is 12.4. The van der Waals surface area contributed by atoms with Crippen LogP contribution in [0.25, 0.3) is 0 Å². The minimum atomic E-state index is -4.37. The van der Waals surface area contributed by atoms with Crippen LogP contribution in [0, 0.1) is 11.3 Å². The molecule has 1 aliphatic rings. The van der Waals surface area contributed by atoms with Crippen LogP contribution in [-0.4, -0.2) is 29.9 Å². The number of carbonyl (C=O) groups excluding carboxylic acids is 1. The first-order valence-corrected chi connectivity index (χ1v) is 6.52. The van der Waals surface area contributed by atoms with Gasteiger partial charge in [0.25, 0.3) is 0 Å². The molecule has 112 valence electrons. The quantitative estimate of drug-likeness (QED) is 0.933. The summed E-state index contributed by atoms with van der Waals surface area (Å²) in [7, 11) is 0.